The van der Waals surface area contributed by atoms with Gasteiger partial charge in [-0.2, -0.15) is 0 Å². The van der Waals surface area contributed by atoms with Gasteiger partial charge in [-0.1, -0.05) is 18.2 Å². The van der Waals surface area contributed by atoms with Gasteiger partial charge in [0.15, 0.2) is 0 Å². The van der Waals surface area contributed by atoms with Gasteiger partial charge in [0.1, 0.15) is 5.69 Å². The van der Waals surface area contributed by atoms with Gasteiger partial charge in [-0.05, 0) is 37.8 Å². The molecule has 0 spiro atoms. The Morgan fingerprint density at radius 3 is 2.86 bits per heavy atom. The highest BCUT2D eigenvalue weighted by molar-refractivity contribution is 5.97. The Kier molecular flexibility index (Phi) is 7.10. The Hall–Kier alpha value is -3.03. The zero-order valence-corrected chi connectivity index (χ0v) is 16.7. The Morgan fingerprint density at radius 1 is 1.24 bits per heavy atom. The summed E-state index contributed by atoms with van der Waals surface area (Å²) in [5, 5.41) is 6.73. The number of H-pyrrole nitrogens is 1. The van der Waals surface area contributed by atoms with Crippen LogP contribution in [0.2, 0.25) is 0 Å². The second-order valence-electron chi connectivity index (χ2n) is 7.22. The lowest BCUT2D eigenvalue weighted by molar-refractivity contribution is -0.142. The molecule has 156 valence electrons. The van der Waals surface area contributed by atoms with Crippen LogP contribution in [0.4, 0.5) is 4.79 Å². The first-order valence-electron chi connectivity index (χ1n) is 10.1. The van der Waals surface area contributed by atoms with Crippen LogP contribution in [-0.2, 0) is 9.53 Å². The van der Waals surface area contributed by atoms with Crippen molar-refractivity contribution in [3.63, 3.8) is 0 Å². The number of para-hydroxylation sites is 1. The lowest BCUT2D eigenvalue weighted by Crippen LogP contribution is -2.48. The molecule has 1 unspecified atom stereocenters. The molecule has 1 aliphatic rings. The number of esters is 1. The number of ether oxygens (including phenoxy) is 1. The highest BCUT2D eigenvalue weighted by atomic mass is 16.5. The van der Waals surface area contributed by atoms with Crippen molar-refractivity contribution in [1.82, 2.24) is 20.5 Å². The SMILES string of the molecule is CCOC(=O)CCNC(=O)N1CCCC(CNC(=O)c2cc3ccccc3[nH]2)C1. The molecular formula is C21H28N4O4. The topological polar surface area (TPSA) is 104 Å². The summed E-state index contributed by atoms with van der Waals surface area (Å²) in [6, 6.07) is 9.42. The van der Waals surface area contributed by atoms with Crippen LogP contribution in [0.25, 0.3) is 10.9 Å². The van der Waals surface area contributed by atoms with E-state index in [4.69, 9.17) is 4.74 Å². The molecule has 0 aliphatic carbocycles. The van der Waals surface area contributed by atoms with E-state index in [1.807, 2.05) is 30.3 Å². The van der Waals surface area contributed by atoms with Gasteiger partial charge in [0, 0.05) is 37.1 Å². The number of nitrogens with zero attached hydrogens (tertiary/aromatic N) is 1. The Labute approximate surface area is 170 Å². The number of hydrogen-bond acceptors (Lipinski definition) is 4. The average Bonchev–Trinajstić information content (AvgIpc) is 3.17. The van der Waals surface area contributed by atoms with Crippen molar-refractivity contribution in [2.45, 2.75) is 26.2 Å². The number of hydrogen-bond donors (Lipinski definition) is 3. The Morgan fingerprint density at radius 2 is 2.07 bits per heavy atom. The minimum Gasteiger partial charge on any atom is -0.466 e. The Balaban J connectivity index is 1.43. The molecule has 0 bridgehead atoms. The minimum atomic E-state index is -0.316. The largest absolute Gasteiger partial charge is 0.466 e. The molecule has 0 saturated carbocycles. The molecule has 2 aromatic rings. The van der Waals surface area contributed by atoms with Gasteiger partial charge in [-0.3, -0.25) is 9.59 Å². The van der Waals surface area contributed by atoms with E-state index in [-0.39, 0.29) is 36.8 Å². The van der Waals surface area contributed by atoms with Crippen molar-refractivity contribution in [2.75, 3.05) is 32.8 Å². The van der Waals surface area contributed by atoms with Crippen molar-refractivity contribution >= 4 is 28.8 Å². The smallest absolute Gasteiger partial charge is 0.317 e. The van der Waals surface area contributed by atoms with Crippen LogP contribution in [0.15, 0.2) is 30.3 Å². The van der Waals surface area contributed by atoms with Crippen molar-refractivity contribution < 1.29 is 19.1 Å². The maximum atomic E-state index is 12.5. The zero-order chi connectivity index (χ0) is 20.6. The van der Waals surface area contributed by atoms with Gasteiger partial charge < -0.3 is 25.3 Å². The van der Waals surface area contributed by atoms with E-state index in [0.29, 0.717) is 31.9 Å². The minimum absolute atomic E-state index is 0.141. The second-order valence-corrected chi connectivity index (χ2v) is 7.22. The van der Waals surface area contributed by atoms with E-state index in [1.54, 1.807) is 11.8 Å². The van der Waals surface area contributed by atoms with Crippen LogP contribution in [-0.4, -0.2) is 60.6 Å². The van der Waals surface area contributed by atoms with Crippen LogP contribution in [0.5, 0.6) is 0 Å². The lowest BCUT2D eigenvalue weighted by atomic mass is 9.98. The maximum Gasteiger partial charge on any atom is 0.317 e. The third kappa shape index (κ3) is 5.73. The highest BCUT2D eigenvalue weighted by Gasteiger charge is 2.24. The third-order valence-electron chi connectivity index (χ3n) is 5.04. The van der Waals surface area contributed by atoms with Crippen molar-refractivity contribution in [2.24, 2.45) is 5.92 Å². The number of urea groups is 1. The number of aromatic nitrogens is 1. The number of amides is 3. The molecule has 1 saturated heterocycles. The van der Waals surface area contributed by atoms with E-state index in [0.717, 1.165) is 23.7 Å². The Bertz CT molecular complexity index is 830. The van der Waals surface area contributed by atoms with Gasteiger partial charge in [0.25, 0.3) is 5.91 Å². The number of nitrogens with one attached hydrogen (secondary N) is 3. The number of carbonyl (C=O) groups excluding carboxylic acids is 3. The summed E-state index contributed by atoms with van der Waals surface area (Å²) in [5.74, 6) is -0.255. The normalized spacial score (nSPS) is 16.4. The molecule has 29 heavy (non-hydrogen) atoms. The zero-order valence-electron chi connectivity index (χ0n) is 16.7. The predicted molar refractivity (Wildman–Crippen MR) is 110 cm³/mol. The highest BCUT2D eigenvalue weighted by Crippen LogP contribution is 2.17. The summed E-state index contributed by atoms with van der Waals surface area (Å²) < 4.78 is 4.85. The van der Waals surface area contributed by atoms with Crippen LogP contribution in [0.1, 0.15) is 36.7 Å². The molecule has 1 atom stereocenters. The molecule has 1 aromatic carbocycles. The summed E-state index contributed by atoms with van der Waals surface area (Å²) in [4.78, 5) is 41.0. The summed E-state index contributed by atoms with van der Waals surface area (Å²) in [7, 11) is 0. The molecule has 1 fully saturated rings. The molecule has 1 aromatic heterocycles. The van der Waals surface area contributed by atoms with Crippen LogP contribution >= 0.6 is 0 Å². The molecule has 0 radical (unpaired) electrons. The maximum absolute atomic E-state index is 12.5. The first-order valence-corrected chi connectivity index (χ1v) is 10.1. The van der Waals surface area contributed by atoms with E-state index in [1.165, 1.54) is 0 Å². The van der Waals surface area contributed by atoms with Crippen LogP contribution in [0, 0.1) is 5.92 Å². The van der Waals surface area contributed by atoms with Gasteiger partial charge in [0.05, 0.1) is 13.0 Å². The van der Waals surface area contributed by atoms with Crippen LogP contribution in [0.3, 0.4) is 0 Å². The standard InChI is InChI=1S/C21H28N4O4/c1-2-29-19(26)9-10-22-21(28)25-11-5-6-15(14-25)13-23-20(27)18-12-16-7-3-4-8-17(16)24-18/h3-4,7-8,12,15,24H,2,5-6,9-11,13-14H2,1H3,(H,22,28)(H,23,27). The van der Waals surface area contributed by atoms with E-state index < -0.39 is 0 Å². The van der Waals surface area contributed by atoms with Gasteiger partial charge in [-0.15, -0.1) is 0 Å². The first kappa shape index (κ1) is 20.7. The number of benzene rings is 1. The number of rotatable bonds is 7. The molecular weight excluding hydrogens is 372 g/mol. The van der Waals surface area contributed by atoms with E-state index >= 15 is 0 Å². The van der Waals surface area contributed by atoms with Crippen LogP contribution < -0.4 is 10.6 Å². The molecule has 8 nitrogen and oxygen atoms in total. The fourth-order valence-corrected chi connectivity index (χ4v) is 3.56. The van der Waals surface area contributed by atoms with Crippen molar-refractivity contribution in [3.05, 3.63) is 36.0 Å². The quantitative estimate of drug-likeness (QED) is 0.620. The molecule has 3 amide bonds. The number of aromatic amines is 1. The molecule has 3 rings (SSSR count). The molecule has 3 N–H and O–H groups in total. The summed E-state index contributed by atoms with van der Waals surface area (Å²) in [6.45, 7) is 4.12. The van der Waals surface area contributed by atoms with E-state index in [9.17, 15) is 14.4 Å². The monoisotopic (exact) mass is 400 g/mol. The second kappa shape index (κ2) is 9.95. The van der Waals surface area contributed by atoms with Gasteiger partial charge in [-0.25, -0.2) is 4.79 Å². The lowest BCUT2D eigenvalue weighted by Gasteiger charge is -2.32. The first-order chi connectivity index (χ1) is 14.1. The molecule has 2 heterocycles. The number of piperidine rings is 1. The third-order valence-corrected chi connectivity index (χ3v) is 5.04. The predicted octanol–water partition coefficient (Wildman–Crippen LogP) is 2.27. The van der Waals surface area contributed by atoms with Crippen molar-refractivity contribution in [1.29, 1.82) is 0 Å². The number of fused-ring (bicyclic) bond motifs is 1. The number of carbonyl (C=O) groups is 3. The summed E-state index contributed by atoms with van der Waals surface area (Å²) in [6.07, 6.45) is 2.01. The number of likely N-dealkylation sites (tertiary alicyclic amines) is 1. The summed E-state index contributed by atoms with van der Waals surface area (Å²) in [5.41, 5.74) is 1.47. The van der Waals surface area contributed by atoms with Gasteiger partial charge >= 0.3 is 12.0 Å². The fraction of sp³-hybridized carbons (Fsp3) is 0.476. The fourth-order valence-electron chi connectivity index (χ4n) is 3.56. The summed E-state index contributed by atoms with van der Waals surface area (Å²) >= 11 is 0. The average molecular weight is 400 g/mol. The van der Waals surface area contributed by atoms with Crippen molar-refractivity contribution in [3.8, 4) is 0 Å². The molecule has 1 aliphatic heterocycles. The van der Waals surface area contributed by atoms with E-state index in [2.05, 4.69) is 15.6 Å². The van der Waals surface area contributed by atoms with Gasteiger partial charge in [0.2, 0.25) is 0 Å². The molecule has 8 heteroatoms.